The van der Waals surface area contributed by atoms with Gasteiger partial charge in [0.05, 0.1) is 6.04 Å². The van der Waals surface area contributed by atoms with Crippen LogP contribution in [0.1, 0.15) is 63.9 Å². The van der Waals surface area contributed by atoms with Crippen molar-refractivity contribution in [2.45, 2.75) is 70.4 Å². The largest absolute Gasteiger partial charge is 0.446 e. The number of carbonyl (C=O) groups is 3. The zero-order valence-corrected chi connectivity index (χ0v) is 22.4. The molecule has 0 spiro atoms. The number of piperidine rings is 1. The van der Waals surface area contributed by atoms with Crippen LogP contribution in [0.15, 0.2) is 24.3 Å². The fourth-order valence-electron chi connectivity index (χ4n) is 5.81. The molecule has 2 aliphatic heterocycles. The van der Waals surface area contributed by atoms with Crippen molar-refractivity contribution < 1.29 is 19.1 Å². The van der Waals surface area contributed by atoms with Gasteiger partial charge in [-0.05, 0) is 69.1 Å². The molecule has 1 aromatic carbocycles. The van der Waals surface area contributed by atoms with Gasteiger partial charge < -0.3 is 19.4 Å². The van der Waals surface area contributed by atoms with E-state index in [4.69, 9.17) is 16.3 Å². The van der Waals surface area contributed by atoms with Gasteiger partial charge in [-0.3, -0.25) is 9.59 Å². The number of hydrogen-bond acceptors (Lipinski definition) is 4. The lowest BCUT2D eigenvalue weighted by Gasteiger charge is -2.34. The molecule has 2 saturated carbocycles. The summed E-state index contributed by atoms with van der Waals surface area (Å²) in [5.74, 6) is 0.748. The summed E-state index contributed by atoms with van der Waals surface area (Å²) in [6.45, 7) is 6.33. The standard InChI is InChI=1S/C28H38ClN3O4/c1-18(19-4-5-19)36-27(35)30(3)24-17-32(16-23(24)20-6-8-22(29)9-7-20)25(33)21-10-14-31(15-11-21)26(34)28(2)12-13-28/h6-9,18-19,21,23-24H,4-5,10-17H2,1-3H3/t18?,23?,24-/m1/s1. The Morgan fingerprint density at radius 3 is 2.25 bits per heavy atom. The molecule has 3 atom stereocenters. The molecule has 2 aliphatic carbocycles. The molecule has 2 heterocycles. The summed E-state index contributed by atoms with van der Waals surface area (Å²) in [5.41, 5.74) is 0.897. The molecule has 8 heteroatoms. The highest BCUT2D eigenvalue weighted by atomic mass is 35.5. The number of carbonyl (C=O) groups excluding carboxylic acids is 3. The summed E-state index contributed by atoms with van der Waals surface area (Å²) in [5, 5.41) is 0.661. The van der Waals surface area contributed by atoms with E-state index in [0.717, 1.165) is 31.2 Å². The number of halogens is 1. The fourth-order valence-corrected chi connectivity index (χ4v) is 5.93. The van der Waals surface area contributed by atoms with Gasteiger partial charge in [0.15, 0.2) is 0 Å². The third-order valence-electron chi connectivity index (χ3n) is 8.90. The molecule has 196 valence electrons. The number of benzene rings is 1. The van der Waals surface area contributed by atoms with Crippen molar-refractivity contribution in [2.75, 3.05) is 33.2 Å². The number of likely N-dealkylation sites (tertiary alicyclic amines) is 2. The third-order valence-corrected chi connectivity index (χ3v) is 9.16. The van der Waals surface area contributed by atoms with Crippen molar-refractivity contribution in [1.29, 1.82) is 0 Å². The Morgan fingerprint density at radius 2 is 1.67 bits per heavy atom. The Bertz CT molecular complexity index is 999. The highest BCUT2D eigenvalue weighted by Crippen LogP contribution is 2.47. The zero-order valence-electron chi connectivity index (χ0n) is 21.6. The number of rotatable bonds is 6. The van der Waals surface area contributed by atoms with Crippen LogP contribution in [0.3, 0.4) is 0 Å². The monoisotopic (exact) mass is 515 g/mol. The molecule has 1 aromatic rings. The second kappa shape index (κ2) is 9.88. The number of hydrogen-bond donors (Lipinski definition) is 0. The molecule has 0 aromatic heterocycles. The first kappa shape index (κ1) is 25.4. The van der Waals surface area contributed by atoms with Crippen LogP contribution in [0.25, 0.3) is 0 Å². The summed E-state index contributed by atoms with van der Waals surface area (Å²) < 4.78 is 5.76. The maximum atomic E-state index is 13.6. The van der Waals surface area contributed by atoms with Gasteiger partial charge in [-0.15, -0.1) is 0 Å². The van der Waals surface area contributed by atoms with Gasteiger partial charge in [0.25, 0.3) is 0 Å². The molecule has 4 aliphatic rings. The molecule has 4 fully saturated rings. The number of ether oxygens (including phenoxy) is 1. The summed E-state index contributed by atoms with van der Waals surface area (Å²) in [6.07, 6.45) is 5.16. The van der Waals surface area contributed by atoms with Crippen LogP contribution in [-0.2, 0) is 14.3 Å². The second-order valence-corrected chi connectivity index (χ2v) is 12.1. The average molecular weight is 516 g/mol. The maximum Gasteiger partial charge on any atom is 0.410 e. The Kier molecular flexibility index (Phi) is 6.96. The van der Waals surface area contributed by atoms with Gasteiger partial charge in [-0.25, -0.2) is 4.79 Å². The molecule has 2 saturated heterocycles. The lowest BCUT2D eigenvalue weighted by atomic mass is 9.93. The number of nitrogens with zero attached hydrogens (tertiary/aromatic N) is 3. The van der Waals surface area contributed by atoms with Crippen LogP contribution in [0, 0.1) is 17.3 Å². The van der Waals surface area contributed by atoms with Crippen molar-refractivity contribution in [2.24, 2.45) is 17.3 Å². The van der Waals surface area contributed by atoms with Crippen molar-refractivity contribution in [3.05, 3.63) is 34.9 Å². The van der Waals surface area contributed by atoms with Crippen molar-refractivity contribution in [3.8, 4) is 0 Å². The van der Waals surface area contributed by atoms with Gasteiger partial charge in [0.2, 0.25) is 11.8 Å². The maximum absolute atomic E-state index is 13.6. The van der Waals surface area contributed by atoms with E-state index in [2.05, 4.69) is 0 Å². The molecule has 3 amide bonds. The highest BCUT2D eigenvalue weighted by molar-refractivity contribution is 6.30. The van der Waals surface area contributed by atoms with E-state index in [0.29, 0.717) is 50.0 Å². The summed E-state index contributed by atoms with van der Waals surface area (Å²) in [7, 11) is 1.78. The fraction of sp³-hybridized carbons (Fsp3) is 0.679. The molecular formula is C28H38ClN3O4. The highest BCUT2D eigenvalue weighted by Gasteiger charge is 2.48. The van der Waals surface area contributed by atoms with Gasteiger partial charge in [0.1, 0.15) is 6.10 Å². The van der Waals surface area contributed by atoms with Crippen molar-refractivity contribution >= 4 is 29.5 Å². The van der Waals surface area contributed by atoms with Crippen LogP contribution >= 0.6 is 11.6 Å². The minimum atomic E-state index is -0.326. The molecule has 0 bridgehead atoms. The Hall–Kier alpha value is -2.28. The first-order chi connectivity index (χ1) is 17.2. The molecule has 7 nitrogen and oxygen atoms in total. The van der Waals surface area contributed by atoms with Crippen molar-refractivity contribution in [3.63, 3.8) is 0 Å². The molecule has 36 heavy (non-hydrogen) atoms. The Morgan fingerprint density at radius 1 is 1.03 bits per heavy atom. The van der Waals surface area contributed by atoms with E-state index >= 15 is 0 Å². The summed E-state index contributed by atoms with van der Waals surface area (Å²) in [4.78, 5) is 44.9. The second-order valence-electron chi connectivity index (χ2n) is 11.6. The Balaban J connectivity index is 1.25. The van der Waals surface area contributed by atoms with E-state index in [1.54, 1.807) is 11.9 Å². The van der Waals surface area contributed by atoms with E-state index < -0.39 is 0 Å². The van der Waals surface area contributed by atoms with Crippen molar-refractivity contribution in [1.82, 2.24) is 14.7 Å². The molecule has 2 unspecified atom stereocenters. The lowest BCUT2D eigenvalue weighted by molar-refractivity contribution is -0.142. The molecular weight excluding hydrogens is 478 g/mol. The minimum Gasteiger partial charge on any atom is -0.446 e. The number of likely N-dealkylation sites (N-methyl/N-ethyl adjacent to an activating group) is 1. The summed E-state index contributed by atoms with van der Waals surface area (Å²) >= 11 is 6.13. The van der Waals surface area contributed by atoms with Crippen LogP contribution in [0.4, 0.5) is 4.79 Å². The van der Waals surface area contributed by atoms with Crippen LogP contribution in [-0.4, -0.2) is 78.0 Å². The normalized spacial score (nSPS) is 26.4. The summed E-state index contributed by atoms with van der Waals surface area (Å²) in [6, 6.07) is 7.52. The van der Waals surface area contributed by atoms with Crippen LogP contribution < -0.4 is 0 Å². The molecule has 0 radical (unpaired) electrons. The predicted molar refractivity (Wildman–Crippen MR) is 138 cm³/mol. The van der Waals surface area contributed by atoms with E-state index in [1.807, 2.05) is 47.9 Å². The predicted octanol–water partition coefficient (Wildman–Crippen LogP) is 4.54. The SMILES string of the molecule is CC(OC(=O)N(C)[C@@H]1CN(C(=O)C2CCN(C(=O)C3(C)CC3)CC2)CC1c1ccc(Cl)cc1)C1CC1. The average Bonchev–Trinajstić information content (AvgIpc) is 3.81. The van der Waals surface area contributed by atoms with E-state index in [1.165, 1.54) is 0 Å². The van der Waals surface area contributed by atoms with E-state index in [-0.39, 0.29) is 47.3 Å². The minimum absolute atomic E-state index is 0.0171. The van der Waals surface area contributed by atoms with Gasteiger partial charge >= 0.3 is 6.09 Å². The van der Waals surface area contributed by atoms with E-state index in [9.17, 15) is 14.4 Å². The van der Waals surface area contributed by atoms with Gasteiger partial charge in [-0.2, -0.15) is 0 Å². The van der Waals surface area contributed by atoms with Crippen LogP contribution in [0.2, 0.25) is 5.02 Å². The van der Waals surface area contributed by atoms with Crippen LogP contribution in [0.5, 0.6) is 0 Å². The quantitative estimate of drug-likeness (QED) is 0.557. The smallest absolute Gasteiger partial charge is 0.410 e. The third kappa shape index (κ3) is 5.22. The molecule has 5 rings (SSSR count). The van der Waals surface area contributed by atoms with Gasteiger partial charge in [-0.1, -0.05) is 30.7 Å². The first-order valence-electron chi connectivity index (χ1n) is 13.4. The first-order valence-corrected chi connectivity index (χ1v) is 13.8. The Labute approximate surface area is 219 Å². The lowest BCUT2D eigenvalue weighted by Crippen LogP contribution is -2.46. The van der Waals surface area contributed by atoms with Gasteiger partial charge in [0, 0.05) is 55.5 Å². The topological polar surface area (TPSA) is 70.2 Å². The zero-order chi connectivity index (χ0) is 25.6. The molecule has 0 N–H and O–H groups in total. The number of amides is 3.